The zero-order valence-electron chi connectivity index (χ0n) is 12.2. The van der Waals surface area contributed by atoms with Crippen LogP contribution in [-0.4, -0.2) is 21.8 Å². The van der Waals surface area contributed by atoms with Crippen LogP contribution >= 0.6 is 0 Å². The lowest BCUT2D eigenvalue weighted by atomic mass is 9.71. The molecule has 0 amide bonds. The van der Waals surface area contributed by atoms with E-state index in [2.05, 4.69) is 0 Å². The largest absolute Gasteiger partial charge is 0.479 e. The van der Waals surface area contributed by atoms with Crippen LogP contribution in [0.3, 0.4) is 0 Å². The Hall–Kier alpha value is -1.09. The van der Waals surface area contributed by atoms with Gasteiger partial charge in [0.15, 0.2) is 5.60 Å². The predicted octanol–water partition coefficient (Wildman–Crippen LogP) is 3.15. The number of rotatable bonds is 1. The van der Waals surface area contributed by atoms with Gasteiger partial charge >= 0.3 is 5.97 Å². The molecular formula is C15H24O3. The maximum atomic E-state index is 11.3. The summed E-state index contributed by atoms with van der Waals surface area (Å²) in [5, 5.41) is 19.5. The highest BCUT2D eigenvalue weighted by Gasteiger charge is 2.41. The predicted molar refractivity (Wildman–Crippen MR) is 72.3 cm³/mol. The average molecular weight is 252 g/mol. The summed E-state index contributed by atoms with van der Waals surface area (Å²) in [5.74, 6) is -1.18. The third kappa shape index (κ3) is 3.02. The minimum atomic E-state index is -1.78. The van der Waals surface area contributed by atoms with Gasteiger partial charge in [-0.05, 0) is 22.5 Å². The van der Waals surface area contributed by atoms with E-state index in [9.17, 15) is 15.0 Å². The first kappa shape index (κ1) is 15.0. The fourth-order valence-electron chi connectivity index (χ4n) is 1.93. The Morgan fingerprint density at radius 3 is 2.00 bits per heavy atom. The molecule has 0 aromatic heterocycles. The van der Waals surface area contributed by atoms with Crippen molar-refractivity contribution in [1.29, 1.82) is 0 Å². The van der Waals surface area contributed by atoms with Gasteiger partial charge in [-0.2, -0.15) is 0 Å². The van der Waals surface area contributed by atoms with Gasteiger partial charge in [0.1, 0.15) is 0 Å². The van der Waals surface area contributed by atoms with Crippen molar-refractivity contribution in [3.8, 4) is 0 Å². The number of hydrogen-bond acceptors (Lipinski definition) is 2. The molecule has 1 aliphatic carbocycles. The van der Waals surface area contributed by atoms with E-state index in [1.165, 1.54) is 6.08 Å². The average Bonchev–Trinajstić information content (AvgIpc) is 2.13. The number of carboxylic acid groups (broad SMARTS) is 1. The van der Waals surface area contributed by atoms with Crippen molar-refractivity contribution in [2.24, 2.45) is 10.8 Å². The van der Waals surface area contributed by atoms with Crippen molar-refractivity contribution in [2.75, 3.05) is 0 Å². The first-order valence-corrected chi connectivity index (χ1v) is 6.26. The molecule has 0 heterocycles. The molecule has 0 bridgehead atoms. The second-order valence-corrected chi connectivity index (χ2v) is 7.18. The molecule has 3 nitrogen and oxygen atoms in total. The van der Waals surface area contributed by atoms with Crippen molar-refractivity contribution in [3.63, 3.8) is 0 Å². The van der Waals surface area contributed by atoms with Gasteiger partial charge in [-0.3, -0.25) is 0 Å². The topological polar surface area (TPSA) is 57.5 Å². The van der Waals surface area contributed by atoms with Crippen molar-refractivity contribution < 1.29 is 15.0 Å². The first-order valence-electron chi connectivity index (χ1n) is 6.26. The Kier molecular flexibility index (Phi) is 3.52. The summed E-state index contributed by atoms with van der Waals surface area (Å²) in [5.41, 5.74) is -0.252. The number of carbonyl (C=O) groups is 1. The highest BCUT2D eigenvalue weighted by atomic mass is 16.4. The molecule has 0 aromatic rings. The molecule has 1 rings (SSSR count). The summed E-state index contributed by atoms with van der Waals surface area (Å²) in [7, 11) is 0. The Morgan fingerprint density at radius 2 is 1.67 bits per heavy atom. The van der Waals surface area contributed by atoms with Gasteiger partial charge in [-0.15, -0.1) is 0 Å². The third-order valence-corrected chi connectivity index (χ3v) is 3.38. The molecule has 18 heavy (non-hydrogen) atoms. The Labute approximate surface area is 109 Å². The second kappa shape index (κ2) is 4.23. The Bertz CT molecular complexity index is 416. The van der Waals surface area contributed by atoms with Gasteiger partial charge in [0.2, 0.25) is 0 Å². The molecule has 1 aliphatic rings. The lowest BCUT2D eigenvalue weighted by Crippen LogP contribution is -2.41. The molecule has 0 fully saturated rings. The number of aliphatic carboxylic acids is 1. The molecule has 2 N–H and O–H groups in total. The highest BCUT2D eigenvalue weighted by molar-refractivity contribution is 5.81. The molecule has 0 radical (unpaired) electrons. The van der Waals surface area contributed by atoms with Crippen LogP contribution in [0, 0.1) is 10.8 Å². The van der Waals surface area contributed by atoms with Crippen LogP contribution in [0.1, 0.15) is 48.0 Å². The van der Waals surface area contributed by atoms with E-state index in [-0.39, 0.29) is 17.3 Å². The lowest BCUT2D eigenvalue weighted by molar-refractivity contribution is -0.153. The number of aliphatic hydroxyl groups is 1. The Morgan fingerprint density at radius 1 is 1.17 bits per heavy atom. The molecule has 0 spiro atoms. The van der Waals surface area contributed by atoms with E-state index in [1.54, 1.807) is 0 Å². The normalized spacial score (nSPS) is 25.5. The fourth-order valence-corrected chi connectivity index (χ4v) is 1.93. The maximum Gasteiger partial charge on any atom is 0.340 e. The van der Waals surface area contributed by atoms with Crippen LogP contribution < -0.4 is 0 Å². The van der Waals surface area contributed by atoms with Crippen molar-refractivity contribution in [2.45, 2.75) is 53.6 Å². The van der Waals surface area contributed by atoms with Crippen LogP contribution in [0.5, 0.6) is 0 Å². The van der Waals surface area contributed by atoms with Gasteiger partial charge in [0.25, 0.3) is 0 Å². The van der Waals surface area contributed by atoms with Crippen LogP contribution in [0.4, 0.5) is 0 Å². The van der Waals surface area contributed by atoms with Crippen molar-refractivity contribution in [1.82, 2.24) is 0 Å². The molecule has 0 saturated carbocycles. The van der Waals surface area contributed by atoms with Gasteiger partial charge in [0.05, 0.1) is 0 Å². The first-order chi connectivity index (χ1) is 7.86. The van der Waals surface area contributed by atoms with Crippen LogP contribution in [0.25, 0.3) is 0 Å². The summed E-state index contributed by atoms with van der Waals surface area (Å²) in [6, 6.07) is 0. The van der Waals surface area contributed by atoms with Crippen LogP contribution in [0.15, 0.2) is 23.3 Å². The summed E-state index contributed by atoms with van der Waals surface area (Å²) in [6.45, 7) is 12.2. The Balaban J connectivity index is 3.34. The smallest absolute Gasteiger partial charge is 0.340 e. The number of hydrogen-bond donors (Lipinski definition) is 2. The lowest BCUT2D eigenvalue weighted by Gasteiger charge is -2.36. The molecule has 1 unspecified atom stereocenters. The summed E-state index contributed by atoms with van der Waals surface area (Å²) in [6.07, 6.45) is 3.69. The van der Waals surface area contributed by atoms with Gasteiger partial charge < -0.3 is 10.2 Å². The van der Waals surface area contributed by atoms with Crippen molar-refractivity contribution >= 4 is 5.97 Å². The molecular weight excluding hydrogens is 228 g/mol. The van der Waals surface area contributed by atoms with Gasteiger partial charge in [-0.1, -0.05) is 53.2 Å². The second-order valence-electron chi connectivity index (χ2n) is 7.18. The molecule has 1 atom stereocenters. The van der Waals surface area contributed by atoms with Gasteiger partial charge in [-0.25, -0.2) is 4.79 Å². The van der Waals surface area contributed by atoms with E-state index < -0.39 is 11.6 Å². The minimum absolute atomic E-state index is 0.145. The quantitative estimate of drug-likeness (QED) is 0.753. The summed E-state index contributed by atoms with van der Waals surface area (Å²) >= 11 is 0. The fraction of sp³-hybridized carbons (Fsp3) is 0.667. The maximum absolute atomic E-state index is 11.3. The molecule has 0 aliphatic heterocycles. The molecule has 0 saturated heterocycles. The van der Waals surface area contributed by atoms with Crippen LogP contribution in [0.2, 0.25) is 0 Å². The SMILES string of the molecule is CC(C)(C)C1=CC(O)(C(=O)O)CC(C(C)(C)C)=C1. The minimum Gasteiger partial charge on any atom is -0.479 e. The van der Waals surface area contributed by atoms with E-state index in [0.717, 1.165) is 11.1 Å². The van der Waals surface area contributed by atoms with E-state index in [1.807, 2.05) is 47.6 Å². The standard InChI is InChI=1S/C15H24O3/c1-13(2,3)10-7-11(14(4,5)6)9-15(18,8-10)12(16)17/h7-8,18H,9H2,1-6H3,(H,16,17). The number of allylic oxidation sites excluding steroid dienone is 2. The monoisotopic (exact) mass is 252 g/mol. The molecule has 102 valence electrons. The van der Waals surface area contributed by atoms with Gasteiger partial charge in [0, 0.05) is 6.42 Å². The summed E-state index contributed by atoms with van der Waals surface area (Å²) in [4.78, 5) is 11.3. The molecule has 3 heteroatoms. The number of carboxylic acids is 1. The van der Waals surface area contributed by atoms with E-state index in [0.29, 0.717) is 0 Å². The van der Waals surface area contributed by atoms with E-state index in [4.69, 9.17) is 0 Å². The highest BCUT2D eigenvalue weighted by Crippen LogP contribution is 2.41. The zero-order chi connectivity index (χ0) is 14.4. The molecule has 0 aromatic carbocycles. The van der Waals surface area contributed by atoms with E-state index >= 15 is 0 Å². The van der Waals surface area contributed by atoms with Crippen LogP contribution in [-0.2, 0) is 4.79 Å². The zero-order valence-corrected chi connectivity index (χ0v) is 12.2. The summed E-state index contributed by atoms with van der Waals surface area (Å²) < 4.78 is 0. The van der Waals surface area contributed by atoms with Crippen molar-refractivity contribution in [3.05, 3.63) is 23.3 Å². The third-order valence-electron chi connectivity index (χ3n) is 3.38.